The van der Waals surface area contributed by atoms with Gasteiger partial charge in [0.2, 0.25) is 5.95 Å². The van der Waals surface area contributed by atoms with Gasteiger partial charge in [0.05, 0.1) is 13.2 Å². The van der Waals surface area contributed by atoms with Gasteiger partial charge in [-0.25, -0.2) is 0 Å². The molecular formula is C19H32N6O2. The summed E-state index contributed by atoms with van der Waals surface area (Å²) in [6, 6.07) is 2.69. The van der Waals surface area contributed by atoms with Crippen LogP contribution >= 0.6 is 0 Å². The minimum atomic E-state index is 0.319. The molecule has 0 saturated carbocycles. The van der Waals surface area contributed by atoms with Gasteiger partial charge in [-0.05, 0) is 38.1 Å². The van der Waals surface area contributed by atoms with Crippen molar-refractivity contribution in [2.24, 2.45) is 5.92 Å². The average molecular weight is 377 g/mol. The largest absolute Gasteiger partial charge is 0.396 e. The molecule has 4 heterocycles. The normalized spacial score (nSPS) is 25.7. The molecule has 1 aromatic heterocycles. The number of nitrogens with two attached hydrogens (primary N) is 1. The molecule has 0 aromatic carbocycles. The second kappa shape index (κ2) is 8.58. The van der Waals surface area contributed by atoms with Crippen LogP contribution in [0.3, 0.4) is 0 Å². The number of anilines is 3. The van der Waals surface area contributed by atoms with Crippen LogP contribution in [0.25, 0.3) is 0 Å². The van der Waals surface area contributed by atoms with E-state index in [2.05, 4.69) is 30.7 Å². The molecule has 0 amide bonds. The van der Waals surface area contributed by atoms with E-state index in [1.807, 2.05) is 0 Å². The summed E-state index contributed by atoms with van der Waals surface area (Å²) in [5.74, 6) is 2.64. The summed E-state index contributed by atoms with van der Waals surface area (Å²) in [4.78, 5) is 16.1. The van der Waals surface area contributed by atoms with E-state index in [0.717, 1.165) is 76.8 Å². The summed E-state index contributed by atoms with van der Waals surface area (Å²) in [6.07, 6.45) is 4.64. The van der Waals surface area contributed by atoms with Gasteiger partial charge in [0.15, 0.2) is 0 Å². The second-order valence-corrected chi connectivity index (χ2v) is 7.95. The zero-order valence-electron chi connectivity index (χ0n) is 16.1. The molecule has 3 saturated heterocycles. The third-order valence-corrected chi connectivity index (χ3v) is 6.16. The molecule has 4 rings (SSSR count). The molecule has 150 valence electrons. The number of nitrogen functional groups attached to an aromatic ring is 1. The molecule has 3 N–H and O–H groups in total. The summed E-state index contributed by atoms with van der Waals surface area (Å²) < 4.78 is 5.44. The predicted octanol–water partition coefficient (Wildman–Crippen LogP) is 0.568. The van der Waals surface area contributed by atoms with Gasteiger partial charge in [0.1, 0.15) is 11.6 Å². The molecule has 0 radical (unpaired) electrons. The molecule has 27 heavy (non-hydrogen) atoms. The third-order valence-electron chi connectivity index (χ3n) is 6.16. The number of morpholine rings is 1. The van der Waals surface area contributed by atoms with Crippen molar-refractivity contribution in [1.82, 2.24) is 14.9 Å². The number of ether oxygens (including phenoxy) is 1. The summed E-state index contributed by atoms with van der Waals surface area (Å²) in [5.41, 5.74) is 6.01. The van der Waals surface area contributed by atoms with Gasteiger partial charge in [-0.2, -0.15) is 9.97 Å². The highest BCUT2D eigenvalue weighted by Gasteiger charge is 2.29. The van der Waals surface area contributed by atoms with Gasteiger partial charge in [0, 0.05) is 51.4 Å². The van der Waals surface area contributed by atoms with Crippen molar-refractivity contribution in [1.29, 1.82) is 0 Å². The number of hydrogen-bond acceptors (Lipinski definition) is 8. The Bertz CT molecular complexity index is 616. The van der Waals surface area contributed by atoms with Gasteiger partial charge in [-0.15, -0.1) is 0 Å². The van der Waals surface area contributed by atoms with E-state index in [9.17, 15) is 5.11 Å². The lowest BCUT2D eigenvalue weighted by molar-refractivity contribution is 0.0777. The lowest BCUT2D eigenvalue weighted by Crippen LogP contribution is -2.49. The Labute approximate surface area is 161 Å². The van der Waals surface area contributed by atoms with Crippen molar-refractivity contribution in [3.63, 3.8) is 0 Å². The second-order valence-electron chi connectivity index (χ2n) is 7.95. The fourth-order valence-corrected chi connectivity index (χ4v) is 4.59. The van der Waals surface area contributed by atoms with Gasteiger partial charge < -0.3 is 25.4 Å². The molecule has 3 fully saturated rings. The van der Waals surface area contributed by atoms with Crippen molar-refractivity contribution in [3.05, 3.63) is 6.07 Å². The third kappa shape index (κ3) is 4.44. The standard InChI is InChI=1S/C19H32N6O2/c20-19-21-17(12-18(22-19)24-8-10-27-11-9-24)23-6-3-16(4-7-23)25-5-1-2-15(13-25)14-26/h12,15-16,26H,1-11,13-14H2,(H2,20,21,22). The highest BCUT2D eigenvalue weighted by Crippen LogP contribution is 2.27. The first-order valence-electron chi connectivity index (χ1n) is 10.3. The van der Waals surface area contributed by atoms with Gasteiger partial charge in [0.25, 0.3) is 0 Å². The van der Waals surface area contributed by atoms with E-state index in [1.54, 1.807) is 0 Å². The van der Waals surface area contributed by atoms with E-state index in [-0.39, 0.29) is 0 Å². The average Bonchev–Trinajstić information content (AvgIpc) is 2.74. The Kier molecular flexibility index (Phi) is 5.95. The smallest absolute Gasteiger partial charge is 0.223 e. The maximum Gasteiger partial charge on any atom is 0.223 e. The van der Waals surface area contributed by atoms with Gasteiger partial charge in [-0.3, -0.25) is 4.90 Å². The Hall–Kier alpha value is -1.64. The van der Waals surface area contributed by atoms with Crippen molar-refractivity contribution in [2.75, 3.05) is 74.6 Å². The maximum atomic E-state index is 9.48. The van der Waals surface area contributed by atoms with Gasteiger partial charge >= 0.3 is 0 Å². The van der Waals surface area contributed by atoms with E-state index < -0.39 is 0 Å². The van der Waals surface area contributed by atoms with Crippen molar-refractivity contribution in [3.8, 4) is 0 Å². The number of piperidine rings is 2. The van der Waals surface area contributed by atoms with Crippen molar-refractivity contribution < 1.29 is 9.84 Å². The molecule has 1 aromatic rings. The number of aliphatic hydroxyl groups excluding tert-OH is 1. The first-order valence-corrected chi connectivity index (χ1v) is 10.3. The molecule has 0 aliphatic carbocycles. The fraction of sp³-hybridized carbons (Fsp3) is 0.789. The van der Waals surface area contributed by atoms with Crippen LogP contribution in [0.2, 0.25) is 0 Å². The van der Waals surface area contributed by atoms with Crippen LogP contribution in [-0.4, -0.2) is 85.1 Å². The number of likely N-dealkylation sites (tertiary alicyclic amines) is 1. The predicted molar refractivity (Wildman–Crippen MR) is 106 cm³/mol. The number of rotatable bonds is 4. The summed E-state index contributed by atoms with van der Waals surface area (Å²) >= 11 is 0. The van der Waals surface area contributed by atoms with Crippen LogP contribution in [-0.2, 0) is 4.74 Å². The molecule has 3 aliphatic rings. The van der Waals surface area contributed by atoms with Crippen molar-refractivity contribution >= 4 is 17.6 Å². The molecule has 8 nitrogen and oxygen atoms in total. The van der Waals surface area contributed by atoms with Crippen LogP contribution in [0.5, 0.6) is 0 Å². The maximum absolute atomic E-state index is 9.48. The van der Waals surface area contributed by atoms with E-state index in [1.165, 1.54) is 13.0 Å². The minimum absolute atomic E-state index is 0.319. The SMILES string of the molecule is Nc1nc(N2CCOCC2)cc(N2CCC(N3CCCC(CO)C3)CC2)n1. The number of hydrogen-bond donors (Lipinski definition) is 2. The number of aliphatic hydroxyl groups is 1. The molecule has 8 heteroatoms. The Morgan fingerprint density at radius 3 is 2.33 bits per heavy atom. The zero-order valence-corrected chi connectivity index (χ0v) is 16.1. The Balaban J connectivity index is 1.38. The van der Waals surface area contributed by atoms with Crippen LogP contribution in [0.15, 0.2) is 6.07 Å². The lowest BCUT2D eigenvalue weighted by Gasteiger charge is -2.42. The van der Waals surface area contributed by atoms with Crippen LogP contribution in [0, 0.1) is 5.92 Å². The first kappa shape index (κ1) is 18.7. The number of aromatic nitrogens is 2. The van der Waals surface area contributed by atoms with E-state index in [4.69, 9.17) is 10.5 Å². The Morgan fingerprint density at radius 2 is 1.67 bits per heavy atom. The molecule has 1 atom stereocenters. The molecule has 0 spiro atoms. The summed E-state index contributed by atoms with van der Waals surface area (Å²) in [5, 5.41) is 9.48. The molecule has 1 unspecified atom stereocenters. The summed E-state index contributed by atoms with van der Waals surface area (Å²) in [6.45, 7) is 7.67. The molecule has 0 bridgehead atoms. The summed E-state index contributed by atoms with van der Waals surface area (Å²) in [7, 11) is 0. The quantitative estimate of drug-likeness (QED) is 0.788. The monoisotopic (exact) mass is 376 g/mol. The van der Waals surface area contributed by atoms with Gasteiger partial charge in [-0.1, -0.05) is 0 Å². The van der Waals surface area contributed by atoms with Crippen LogP contribution in [0.1, 0.15) is 25.7 Å². The minimum Gasteiger partial charge on any atom is -0.396 e. The van der Waals surface area contributed by atoms with E-state index in [0.29, 0.717) is 24.5 Å². The topological polar surface area (TPSA) is 91.0 Å². The van der Waals surface area contributed by atoms with Crippen LogP contribution in [0.4, 0.5) is 17.6 Å². The molecular weight excluding hydrogens is 344 g/mol. The zero-order chi connectivity index (χ0) is 18.6. The lowest BCUT2D eigenvalue weighted by atomic mass is 9.94. The van der Waals surface area contributed by atoms with E-state index >= 15 is 0 Å². The first-order chi connectivity index (χ1) is 13.2. The number of nitrogens with zero attached hydrogens (tertiary/aromatic N) is 5. The van der Waals surface area contributed by atoms with Crippen LogP contribution < -0.4 is 15.5 Å². The highest BCUT2D eigenvalue weighted by atomic mass is 16.5. The Morgan fingerprint density at radius 1 is 1.00 bits per heavy atom. The highest BCUT2D eigenvalue weighted by molar-refractivity contribution is 5.54. The fourth-order valence-electron chi connectivity index (χ4n) is 4.59. The molecule has 3 aliphatic heterocycles. The van der Waals surface area contributed by atoms with Crippen molar-refractivity contribution in [2.45, 2.75) is 31.7 Å².